The molecule has 1 unspecified atom stereocenters. The number of nitrogens with two attached hydrogens (primary N) is 1. The van der Waals surface area contributed by atoms with Crippen LogP contribution >= 0.6 is 0 Å². The molecule has 0 fully saturated rings. The van der Waals surface area contributed by atoms with Crippen LogP contribution in [0.25, 0.3) is 0 Å². The quantitative estimate of drug-likeness (QED) is 0.777. The van der Waals surface area contributed by atoms with Crippen LogP contribution in [0.2, 0.25) is 0 Å². The standard InChI is InChI=1S/C14H20N2O2/c1-4-7-12(15)14(17)16(2)10-11-8-5-6-9-13(11)18-3/h4-6,8-9,12H,1,7,10,15H2,2-3H3. The number of amides is 1. The molecular weight excluding hydrogens is 228 g/mol. The zero-order valence-corrected chi connectivity index (χ0v) is 10.9. The van der Waals surface area contributed by atoms with Crippen LogP contribution in [-0.4, -0.2) is 31.0 Å². The van der Waals surface area contributed by atoms with Gasteiger partial charge in [-0.05, 0) is 12.5 Å². The molecule has 0 heterocycles. The Balaban J connectivity index is 2.71. The van der Waals surface area contributed by atoms with Crippen LogP contribution < -0.4 is 10.5 Å². The number of para-hydroxylation sites is 1. The Morgan fingerprint density at radius 1 is 1.56 bits per heavy atom. The van der Waals surface area contributed by atoms with Crippen molar-refractivity contribution in [2.75, 3.05) is 14.2 Å². The molecule has 1 amide bonds. The van der Waals surface area contributed by atoms with Crippen LogP contribution in [0.5, 0.6) is 5.75 Å². The minimum atomic E-state index is -0.526. The fourth-order valence-electron chi connectivity index (χ4n) is 1.73. The summed E-state index contributed by atoms with van der Waals surface area (Å²) >= 11 is 0. The fraction of sp³-hybridized carbons (Fsp3) is 0.357. The van der Waals surface area contributed by atoms with E-state index in [1.807, 2.05) is 24.3 Å². The third-order valence-corrected chi connectivity index (χ3v) is 2.71. The number of carbonyl (C=O) groups excluding carboxylic acids is 1. The van der Waals surface area contributed by atoms with E-state index in [1.54, 1.807) is 25.1 Å². The van der Waals surface area contributed by atoms with Gasteiger partial charge in [0.15, 0.2) is 0 Å². The van der Waals surface area contributed by atoms with Gasteiger partial charge in [0.25, 0.3) is 0 Å². The van der Waals surface area contributed by atoms with Crippen molar-refractivity contribution in [3.05, 3.63) is 42.5 Å². The Bertz CT molecular complexity index is 418. The molecule has 0 aromatic heterocycles. The number of methoxy groups -OCH3 is 1. The molecule has 1 atom stereocenters. The molecule has 0 spiro atoms. The molecule has 18 heavy (non-hydrogen) atoms. The number of nitrogens with zero attached hydrogens (tertiary/aromatic N) is 1. The Morgan fingerprint density at radius 3 is 2.83 bits per heavy atom. The highest BCUT2D eigenvalue weighted by molar-refractivity contribution is 5.81. The number of hydrogen-bond donors (Lipinski definition) is 1. The SMILES string of the molecule is C=CCC(N)C(=O)N(C)Cc1ccccc1OC. The summed E-state index contributed by atoms with van der Waals surface area (Å²) in [5, 5.41) is 0. The number of likely N-dealkylation sites (N-methyl/N-ethyl adjacent to an activating group) is 1. The molecule has 0 aliphatic rings. The van der Waals surface area contributed by atoms with Crippen LogP contribution in [0.15, 0.2) is 36.9 Å². The van der Waals surface area contributed by atoms with Crippen molar-refractivity contribution in [3.8, 4) is 5.75 Å². The lowest BCUT2D eigenvalue weighted by Gasteiger charge is -2.21. The van der Waals surface area contributed by atoms with Crippen LogP contribution in [0.1, 0.15) is 12.0 Å². The van der Waals surface area contributed by atoms with Gasteiger partial charge in [0.05, 0.1) is 13.2 Å². The molecule has 2 N–H and O–H groups in total. The van der Waals surface area contributed by atoms with E-state index in [1.165, 1.54) is 0 Å². The molecule has 0 aliphatic carbocycles. The van der Waals surface area contributed by atoms with Gasteiger partial charge in [0.2, 0.25) is 5.91 Å². The Morgan fingerprint density at radius 2 is 2.22 bits per heavy atom. The number of ether oxygens (including phenoxy) is 1. The van der Waals surface area contributed by atoms with Gasteiger partial charge in [-0.3, -0.25) is 4.79 Å². The van der Waals surface area contributed by atoms with Gasteiger partial charge in [-0.2, -0.15) is 0 Å². The van der Waals surface area contributed by atoms with E-state index in [-0.39, 0.29) is 5.91 Å². The van der Waals surface area contributed by atoms with Crippen molar-refractivity contribution < 1.29 is 9.53 Å². The molecule has 98 valence electrons. The summed E-state index contributed by atoms with van der Waals surface area (Å²) in [6.07, 6.45) is 2.13. The maximum atomic E-state index is 11.9. The Labute approximate surface area is 108 Å². The van der Waals surface area contributed by atoms with Gasteiger partial charge in [0.1, 0.15) is 5.75 Å². The van der Waals surface area contributed by atoms with Crippen molar-refractivity contribution in [2.45, 2.75) is 19.0 Å². The average Bonchev–Trinajstić information content (AvgIpc) is 2.38. The van der Waals surface area contributed by atoms with Crippen molar-refractivity contribution in [2.24, 2.45) is 5.73 Å². The van der Waals surface area contributed by atoms with Crippen molar-refractivity contribution in [1.82, 2.24) is 4.90 Å². The molecular formula is C14H20N2O2. The molecule has 0 aliphatic heterocycles. The molecule has 0 saturated heterocycles. The largest absolute Gasteiger partial charge is 0.496 e. The summed E-state index contributed by atoms with van der Waals surface area (Å²) in [6, 6.07) is 7.09. The zero-order valence-electron chi connectivity index (χ0n) is 10.9. The molecule has 0 radical (unpaired) electrons. The van der Waals surface area contributed by atoms with E-state index in [0.29, 0.717) is 13.0 Å². The highest BCUT2D eigenvalue weighted by atomic mass is 16.5. The van der Waals surface area contributed by atoms with Crippen LogP contribution in [0.4, 0.5) is 0 Å². The lowest BCUT2D eigenvalue weighted by Crippen LogP contribution is -2.41. The number of hydrogen-bond acceptors (Lipinski definition) is 3. The zero-order chi connectivity index (χ0) is 13.5. The second-order valence-corrected chi connectivity index (χ2v) is 4.14. The van der Waals surface area contributed by atoms with Gasteiger partial charge in [-0.1, -0.05) is 24.3 Å². The molecule has 1 aromatic rings. The predicted molar refractivity (Wildman–Crippen MR) is 72.3 cm³/mol. The van der Waals surface area contributed by atoms with E-state index in [4.69, 9.17) is 10.5 Å². The summed E-state index contributed by atoms with van der Waals surface area (Å²) in [4.78, 5) is 13.6. The maximum absolute atomic E-state index is 11.9. The van der Waals surface area contributed by atoms with Crippen molar-refractivity contribution in [3.63, 3.8) is 0 Å². The van der Waals surface area contributed by atoms with E-state index in [9.17, 15) is 4.79 Å². The van der Waals surface area contributed by atoms with Crippen molar-refractivity contribution in [1.29, 1.82) is 0 Å². The molecule has 4 heteroatoms. The molecule has 1 aromatic carbocycles. The Kier molecular flexibility index (Phi) is 5.39. The van der Waals surface area contributed by atoms with E-state index < -0.39 is 6.04 Å². The first-order chi connectivity index (χ1) is 8.60. The predicted octanol–water partition coefficient (Wildman–Crippen LogP) is 1.56. The number of benzene rings is 1. The van der Waals surface area contributed by atoms with Gasteiger partial charge < -0.3 is 15.4 Å². The van der Waals surface area contributed by atoms with Crippen LogP contribution in [0, 0.1) is 0 Å². The highest BCUT2D eigenvalue weighted by Crippen LogP contribution is 2.18. The smallest absolute Gasteiger partial charge is 0.239 e. The van der Waals surface area contributed by atoms with E-state index in [2.05, 4.69) is 6.58 Å². The molecule has 1 rings (SSSR count). The van der Waals surface area contributed by atoms with E-state index >= 15 is 0 Å². The first kappa shape index (κ1) is 14.3. The third kappa shape index (κ3) is 3.60. The monoisotopic (exact) mass is 248 g/mol. The normalized spacial score (nSPS) is 11.7. The first-order valence-corrected chi connectivity index (χ1v) is 5.83. The summed E-state index contributed by atoms with van der Waals surface area (Å²) < 4.78 is 5.25. The highest BCUT2D eigenvalue weighted by Gasteiger charge is 2.17. The fourth-order valence-corrected chi connectivity index (χ4v) is 1.73. The van der Waals surface area contributed by atoms with Crippen LogP contribution in [-0.2, 0) is 11.3 Å². The van der Waals surface area contributed by atoms with Gasteiger partial charge in [0, 0.05) is 19.2 Å². The minimum Gasteiger partial charge on any atom is -0.496 e. The first-order valence-electron chi connectivity index (χ1n) is 5.83. The summed E-state index contributed by atoms with van der Waals surface area (Å²) in [6.45, 7) is 4.06. The van der Waals surface area contributed by atoms with Crippen LogP contribution in [0.3, 0.4) is 0 Å². The van der Waals surface area contributed by atoms with Crippen molar-refractivity contribution >= 4 is 5.91 Å². The lowest BCUT2D eigenvalue weighted by atomic mass is 10.1. The second-order valence-electron chi connectivity index (χ2n) is 4.14. The third-order valence-electron chi connectivity index (χ3n) is 2.71. The summed E-state index contributed by atoms with van der Waals surface area (Å²) in [5.41, 5.74) is 6.72. The molecule has 0 bridgehead atoms. The average molecular weight is 248 g/mol. The van der Waals surface area contributed by atoms with Gasteiger partial charge in [-0.25, -0.2) is 0 Å². The summed E-state index contributed by atoms with van der Waals surface area (Å²) in [5.74, 6) is 0.676. The number of carbonyl (C=O) groups is 1. The minimum absolute atomic E-state index is 0.0965. The van der Waals surface area contributed by atoms with Gasteiger partial charge in [-0.15, -0.1) is 6.58 Å². The van der Waals surface area contributed by atoms with E-state index in [0.717, 1.165) is 11.3 Å². The van der Waals surface area contributed by atoms with Gasteiger partial charge >= 0.3 is 0 Å². The molecule has 4 nitrogen and oxygen atoms in total. The lowest BCUT2D eigenvalue weighted by molar-refractivity contribution is -0.131. The topological polar surface area (TPSA) is 55.6 Å². The summed E-state index contributed by atoms with van der Waals surface area (Å²) in [7, 11) is 3.35. The number of rotatable bonds is 6. The maximum Gasteiger partial charge on any atom is 0.239 e. The molecule has 0 saturated carbocycles. The Hall–Kier alpha value is -1.81. The second kappa shape index (κ2) is 6.81.